The van der Waals surface area contributed by atoms with E-state index in [9.17, 15) is 9.18 Å². The highest BCUT2D eigenvalue weighted by Gasteiger charge is 2.12. The Morgan fingerprint density at radius 2 is 1.96 bits per heavy atom. The molecule has 4 rings (SSSR count). The smallest absolute Gasteiger partial charge is 0.231 e. The summed E-state index contributed by atoms with van der Waals surface area (Å²) in [6, 6.07) is 18.0. The predicted octanol–water partition coefficient (Wildman–Crippen LogP) is 4.38. The van der Waals surface area contributed by atoms with Gasteiger partial charge in [-0.25, -0.2) is 14.1 Å². The molecule has 0 aliphatic rings. The first-order chi connectivity index (χ1) is 13.7. The van der Waals surface area contributed by atoms with Gasteiger partial charge >= 0.3 is 0 Å². The van der Waals surface area contributed by atoms with Crippen LogP contribution >= 0.6 is 11.3 Å². The van der Waals surface area contributed by atoms with E-state index in [1.807, 2.05) is 35.7 Å². The van der Waals surface area contributed by atoms with Crippen molar-refractivity contribution in [1.29, 1.82) is 0 Å². The van der Waals surface area contributed by atoms with Gasteiger partial charge in [-0.1, -0.05) is 42.5 Å². The highest BCUT2D eigenvalue weighted by Crippen LogP contribution is 2.24. The molecular weight excluding hydrogens is 375 g/mol. The number of nitrogens with zero attached hydrogens (tertiary/aromatic N) is 3. The van der Waals surface area contributed by atoms with Crippen molar-refractivity contribution in [3.05, 3.63) is 89.3 Å². The minimum atomic E-state index is -0.307. The lowest BCUT2D eigenvalue weighted by molar-refractivity contribution is -0.115. The molecule has 5 nitrogen and oxygen atoms in total. The summed E-state index contributed by atoms with van der Waals surface area (Å²) in [6.07, 6.45) is 1.80. The van der Waals surface area contributed by atoms with E-state index in [1.165, 1.54) is 23.5 Å². The standard InChI is InChI=1S/C21H17FN4OS/c22-17-8-4-7-16(11-17)21-24-18(14-28-21)12-20(27)25-19-9-10-23-26(19)13-15-5-2-1-3-6-15/h1-11,14H,12-13H2,(H,25,27). The summed E-state index contributed by atoms with van der Waals surface area (Å²) < 4.78 is 15.1. The molecule has 0 saturated carbocycles. The van der Waals surface area contributed by atoms with Crippen molar-refractivity contribution >= 4 is 23.1 Å². The van der Waals surface area contributed by atoms with Crippen LogP contribution in [0.4, 0.5) is 10.2 Å². The van der Waals surface area contributed by atoms with Gasteiger partial charge in [0, 0.05) is 17.0 Å². The summed E-state index contributed by atoms with van der Waals surface area (Å²) in [6.45, 7) is 0.573. The Bertz CT molecular complexity index is 1090. The molecule has 1 amide bonds. The van der Waals surface area contributed by atoms with Crippen LogP contribution in [0.5, 0.6) is 0 Å². The van der Waals surface area contributed by atoms with Gasteiger partial charge in [-0.15, -0.1) is 11.3 Å². The van der Waals surface area contributed by atoms with Gasteiger partial charge in [-0.05, 0) is 17.7 Å². The zero-order chi connectivity index (χ0) is 19.3. The molecule has 4 aromatic rings. The van der Waals surface area contributed by atoms with Gasteiger partial charge in [0.1, 0.15) is 16.6 Å². The zero-order valence-electron chi connectivity index (χ0n) is 14.9. The summed E-state index contributed by atoms with van der Waals surface area (Å²) in [5.41, 5.74) is 2.45. The van der Waals surface area contributed by atoms with E-state index in [-0.39, 0.29) is 18.1 Å². The first kappa shape index (κ1) is 18.1. The summed E-state index contributed by atoms with van der Waals surface area (Å²) in [7, 11) is 0. The number of hydrogen-bond donors (Lipinski definition) is 1. The van der Waals surface area contributed by atoms with Gasteiger partial charge in [0.2, 0.25) is 5.91 Å². The van der Waals surface area contributed by atoms with Crippen LogP contribution in [0.1, 0.15) is 11.3 Å². The number of halogens is 1. The first-order valence-electron chi connectivity index (χ1n) is 8.73. The lowest BCUT2D eigenvalue weighted by Gasteiger charge is -2.08. The number of carbonyl (C=O) groups excluding carboxylic acids is 1. The van der Waals surface area contributed by atoms with Gasteiger partial charge in [-0.2, -0.15) is 5.10 Å². The predicted molar refractivity (Wildman–Crippen MR) is 108 cm³/mol. The van der Waals surface area contributed by atoms with Crippen molar-refractivity contribution in [1.82, 2.24) is 14.8 Å². The molecule has 7 heteroatoms. The SMILES string of the molecule is O=C(Cc1csc(-c2cccc(F)c2)n1)Nc1ccnn1Cc1ccccc1. The number of thiazole rings is 1. The molecule has 2 heterocycles. The second-order valence-electron chi connectivity index (χ2n) is 6.24. The molecule has 0 aliphatic heterocycles. The number of anilines is 1. The van der Waals surface area contributed by atoms with Crippen molar-refractivity contribution in [3.63, 3.8) is 0 Å². The third-order valence-electron chi connectivity index (χ3n) is 4.12. The Morgan fingerprint density at radius 1 is 1.11 bits per heavy atom. The van der Waals surface area contributed by atoms with E-state index in [0.29, 0.717) is 28.6 Å². The van der Waals surface area contributed by atoms with E-state index in [2.05, 4.69) is 15.4 Å². The van der Waals surface area contributed by atoms with E-state index in [1.54, 1.807) is 29.1 Å². The van der Waals surface area contributed by atoms with E-state index in [0.717, 1.165) is 5.56 Å². The Morgan fingerprint density at radius 3 is 2.79 bits per heavy atom. The second kappa shape index (κ2) is 8.14. The fourth-order valence-electron chi connectivity index (χ4n) is 2.82. The van der Waals surface area contributed by atoms with Crippen LogP contribution in [-0.2, 0) is 17.8 Å². The number of hydrogen-bond acceptors (Lipinski definition) is 4. The Hall–Kier alpha value is -3.32. The van der Waals surface area contributed by atoms with Crippen LogP contribution in [0.25, 0.3) is 10.6 Å². The molecule has 0 unspecified atom stereocenters. The van der Waals surface area contributed by atoms with Gasteiger partial charge in [0.05, 0.1) is 24.9 Å². The zero-order valence-corrected chi connectivity index (χ0v) is 15.7. The van der Waals surface area contributed by atoms with Crippen molar-refractivity contribution in [2.75, 3.05) is 5.32 Å². The Labute approximate surface area is 165 Å². The van der Waals surface area contributed by atoms with Crippen LogP contribution in [0.3, 0.4) is 0 Å². The molecule has 0 radical (unpaired) electrons. The summed E-state index contributed by atoms with van der Waals surface area (Å²) >= 11 is 1.39. The molecule has 1 N–H and O–H groups in total. The molecule has 28 heavy (non-hydrogen) atoms. The first-order valence-corrected chi connectivity index (χ1v) is 9.61. The maximum Gasteiger partial charge on any atom is 0.231 e. The minimum Gasteiger partial charge on any atom is -0.311 e. The number of amides is 1. The van der Waals surface area contributed by atoms with Crippen LogP contribution < -0.4 is 5.32 Å². The fourth-order valence-corrected chi connectivity index (χ4v) is 3.63. The summed E-state index contributed by atoms with van der Waals surface area (Å²) in [5.74, 6) is 0.152. The van der Waals surface area contributed by atoms with Crippen LogP contribution in [0.2, 0.25) is 0 Å². The highest BCUT2D eigenvalue weighted by molar-refractivity contribution is 7.13. The third kappa shape index (κ3) is 4.32. The van der Waals surface area contributed by atoms with Crippen LogP contribution in [0, 0.1) is 5.82 Å². The number of carbonyl (C=O) groups is 1. The summed E-state index contributed by atoms with van der Waals surface area (Å²) in [5, 5.41) is 9.67. The molecule has 0 aliphatic carbocycles. The van der Waals surface area contributed by atoms with E-state index < -0.39 is 0 Å². The summed E-state index contributed by atoms with van der Waals surface area (Å²) in [4.78, 5) is 16.9. The molecule has 0 bridgehead atoms. The molecule has 140 valence electrons. The monoisotopic (exact) mass is 392 g/mol. The van der Waals surface area contributed by atoms with E-state index in [4.69, 9.17) is 0 Å². The Kier molecular flexibility index (Phi) is 5.25. The lowest BCUT2D eigenvalue weighted by atomic mass is 10.2. The second-order valence-corrected chi connectivity index (χ2v) is 7.10. The topological polar surface area (TPSA) is 59.8 Å². The van der Waals surface area contributed by atoms with Crippen molar-refractivity contribution in [3.8, 4) is 10.6 Å². The molecule has 2 aromatic carbocycles. The maximum atomic E-state index is 13.4. The third-order valence-corrected chi connectivity index (χ3v) is 5.06. The number of rotatable bonds is 6. The number of aromatic nitrogens is 3. The van der Waals surface area contributed by atoms with E-state index >= 15 is 0 Å². The Balaban J connectivity index is 1.41. The van der Waals surface area contributed by atoms with Crippen molar-refractivity contribution in [2.24, 2.45) is 0 Å². The van der Waals surface area contributed by atoms with Crippen molar-refractivity contribution < 1.29 is 9.18 Å². The average molecular weight is 392 g/mol. The number of nitrogens with one attached hydrogen (secondary N) is 1. The molecule has 2 aromatic heterocycles. The molecule has 0 atom stereocenters. The molecule has 0 saturated heterocycles. The molecule has 0 spiro atoms. The van der Waals surface area contributed by atoms with Gasteiger partial charge in [-0.3, -0.25) is 4.79 Å². The number of benzene rings is 2. The quantitative estimate of drug-likeness (QED) is 0.530. The normalized spacial score (nSPS) is 10.8. The van der Waals surface area contributed by atoms with Crippen LogP contribution in [0.15, 0.2) is 72.2 Å². The van der Waals surface area contributed by atoms with Gasteiger partial charge < -0.3 is 5.32 Å². The average Bonchev–Trinajstić information content (AvgIpc) is 3.32. The maximum absolute atomic E-state index is 13.4. The lowest BCUT2D eigenvalue weighted by Crippen LogP contribution is -2.18. The highest BCUT2D eigenvalue weighted by atomic mass is 32.1. The molecule has 0 fully saturated rings. The van der Waals surface area contributed by atoms with Gasteiger partial charge in [0.25, 0.3) is 0 Å². The van der Waals surface area contributed by atoms with Gasteiger partial charge in [0.15, 0.2) is 0 Å². The molecular formula is C21H17FN4OS. The van der Waals surface area contributed by atoms with Crippen molar-refractivity contribution in [2.45, 2.75) is 13.0 Å². The fraction of sp³-hybridized carbons (Fsp3) is 0.0952. The van der Waals surface area contributed by atoms with Crippen LogP contribution in [-0.4, -0.2) is 20.7 Å². The largest absolute Gasteiger partial charge is 0.311 e. The minimum absolute atomic E-state index is 0.141.